The molecule has 0 radical (unpaired) electrons. The zero-order valence-electron chi connectivity index (χ0n) is 23.1. The summed E-state index contributed by atoms with van der Waals surface area (Å²) in [6.45, 7) is 2.86. The van der Waals surface area contributed by atoms with Gasteiger partial charge in [-0.15, -0.1) is 0 Å². The second kappa shape index (κ2) is 13.8. The molecule has 11 nitrogen and oxygen atoms in total. The van der Waals surface area contributed by atoms with Crippen molar-refractivity contribution in [1.29, 1.82) is 5.41 Å². The molecule has 15 heteroatoms. The molecule has 2 atom stereocenters. The molecule has 2 fully saturated rings. The van der Waals surface area contributed by atoms with Crippen LogP contribution >= 0.6 is 0 Å². The van der Waals surface area contributed by atoms with Crippen LogP contribution in [0.1, 0.15) is 57.3 Å². The van der Waals surface area contributed by atoms with Crippen LogP contribution in [0, 0.1) is 17.0 Å². The predicted molar refractivity (Wildman–Crippen MR) is 151 cm³/mol. The quantitative estimate of drug-likeness (QED) is 0.295. The van der Waals surface area contributed by atoms with Crippen molar-refractivity contribution in [1.82, 2.24) is 23.8 Å². The van der Waals surface area contributed by atoms with E-state index in [4.69, 9.17) is 10.1 Å². The lowest BCUT2D eigenvalue weighted by atomic mass is 10.0. The number of nitrogens with zero attached hydrogens (tertiary/aromatic N) is 4. The second-order valence-electron chi connectivity index (χ2n) is 9.83. The number of nitrogens with one attached hydrogen (secondary N) is 2. The number of ether oxygens (including phenoxy) is 1. The van der Waals surface area contributed by atoms with Gasteiger partial charge in [0.1, 0.15) is 29.8 Å². The first-order valence-electron chi connectivity index (χ1n) is 13.7. The Morgan fingerprint density at radius 3 is 1.93 bits per heavy atom. The molecule has 228 valence electrons. The highest BCUT2D eigenvalue weighted by atomic mass is 32.2. The lowest BCUT2D eigenvalue weighted by molar-refractivity contribution is 0.238. The standard InChI is InChI=1S/C14H19FN2O3S.C13H15FN4O2S/c1-2-20-14(16)13-5-3-4-10-17(13)21(18,19)12-8-6-11(15)7-9-12;14-10-4-6-11(7-5-10)21(19,20)18-8-2-1-3-12(18)13-15-9-16-17-13/h6-9,13,16H,2-5,10H2,1H3;4-7,9,12H,1-3,8H2,(H,15,16,17)/t13-;12-/m00/s1. The molecule has 3 heterocycles. The van der Waals surface area contributed by atoms with Gasteiger partial charge in [0.2, 0.25) is 20.0 Å². The van der Waals surface area contributed by atoms with E-state index in [1.165, 1.54) is 39.2 Å². The van der Waals surface area contributed by atoms with Crippen LogP contribution in [0.5, 0.6) is 0 Å². The third kappa shape index (κ3) is 7.19. The van der Waals surface area contributed by atoms with Crippen molar-refractivity contribution in [3.05, 3.63) is 72.3 Å². The smallest absolute Gasteiger partial charge is 0.243 e. The Hall–Kier alpha value is -3.27. The van der Waals surface area contributed by atoms with E-state index in [1.54, 1.807) is 6.92 Å². The number of hydrogen-bond donors (Lipinski definition) is 2. The number of H-pyrrole nitrogens is 1. The minimum atomic E-state index is -3.75. The van der Waals surface area contributed by atoms with E-state index in [2.05, 4.69) is 15.2 Å². The molecule has 2 saturated heterocycles. The number of halogens is 2. The van der Waals surface area contributed by atoms with Gasteiger partial charge in [-0.1, -0.05) is 12.8 Å². The summed E-state index contributed by atoms with van der Waals surface area (Å²) >= 11 is 0. The molecular weight excluding hydrogens is 590 g/mol. The zero-order valence-corrected chi connectivity index (χ0v) is 24.8. The molecule has 42 heavy (non-hydrogen) atoms. The fourth-order valence-electron chi connectivity index (χ4n) is 5.03. The summed E-state index contributed by atoms with van der Waals surface area (Å²) in [5.41, 5.74) is 0. The number of aromatic nitrogens is 3. The Kier molecular flexibility index (Phi) is 10.4. The summed E-state index contributed by atoms with van der Waals surface area (Å²) in [5, 5.41) is 14.4. The Morgan fingerprint density at radius 1 is 0.881 bits per heavy atom. The maximum absolute atomic E-state index is 13.0. The van der Waals surface area contributed by atoms with Crippen molar-refractivity contribution >= 4 is 25.9 Å². The molecule has 1 aromatic heterocycles. The summed E-state index contributed by atoms with van der Waals surface area (Å²) in [7, 11) is -7.42. The number of piperidine rings is 2. The fourth-order valence-corrected chi connectivity index (χ4v) is 8.35. The first kappa shape index (κ1) is 31.7. The molecule has 2 aromatic carbocycles. The topological polar surface area (TPSA) is 149 Å². The predicted octanol–water partition coefficient (Wildman–Crippen LogP) is 4.24. The van der Waals surface area contributed by atoms with Crippen molar-refractivity contribution < 1.29 is 30.4 Å². The summed E-state index contributed by atoms with van der Waals surface area (Å²) in [6, 6.07) is 8.71. The third-order valence-electron chi connectivity index (χ3n) is 7.10. The third-order valence-corrected chi connectivity index (χ3v) is 10.9. The minimum absolute atomic E-state index is 0.0251. The molecule has 0 spiro atoms. The highest BCUT2D eigenvalue weighted by Gasteiger charge is 2.37. The Morgan fingerprint density at radius 2 is 1.40 bits per heavy atom. The maximum atomic E-state index is 13.0. The molecular formula is C27H34F2N6O5S2. The maximum Gasteiger partial charge on any atom is 0.243 e. The highest BCUT2D eigenvalue weighted by Crippen LogP contribution is 2.33. The van der Waals surface area contributed by atoms with Gasteiger partial charge < -0.3 is 4.74 Å². The van der Waals surface area contributed by atoms with Crippen LogP contribution in [0.2, 0.25) is 0 Å². The van der Waals surface area contributed by atoms with Crippen molar-refractivity contribution in [2.75, 3.05) is 19.7 Å². The highest BCUT2D eigenvalue weighted by molar-refractivity contribution is 7.89. The monoisotopic (exact) mass is 624 g/mol. The number of hydrogen-bond acceptors (Lipinski definition) is 8. The van der Waals surface area contributed by atoms with Crippen molar-refractivity contribution in [2.45, 2.75) is 67.3 Å². The van der Waals surface area contributed by atoms with Gasteiger partial charge in [-0.25, -0.2) is 30.6 Å². The first-order valence-corrected chi connectivity index (χ1v) is 16.5. The van der Waals surface area contributed by atoms with Crippen LogP contribution in [0.4, 0.5) is 8.78 Å². The molecule has 0 saturated carbocycles. The van der Waals surface area contributed by atoms with E-state index in [1.807, 2.05) is 0 Å². The number of sulfonamides is 2. The van der Waals surface area contributed by atoms with Gasteiger partial charge in [-0.3, -0.25) is 10.5 Å². The van der Waals surface area contributed by atoms with Gasteiger partial charge in [0.25, 0.3) is 0 Å². The molecule has 2 aliphatic heterocycles. The lowest BCUT2D eigenvalue weighted by Crippen LogP contribution is -2.48. The van der Waals surface area contributed by atoms with Gasteiger partial charge in [0.15, 0.2) is 5.90 Å². The van der Waals surface area contributed by atoms with E-state index >= 15 is 0 Å². The molecule has 2 aliphatic rings. The average Bonchev–Trinajstić information content (AvgIpc) is 3.53. The second-order valence-corrected chi connectivity index (χ2v) is 13.6. The van der Waals surface area contributed by atoms with Gasteiger partial charge >= 0.3 is 0 Å². The van der Waals surface area contributed by atoms with E-state index in [9.17, 15) is 25.6 Å². The van der Waals surface area contributed by atoms with Crippen LogP contribution in [0.25, 0.3) is 0 Å². The molecule has 2 N–H and O–H groups in total. The van der Waals surface area contributed by atoms with Crippen LogP contribution in [-0.4, -0.2) is 72.3 Å². The summed E-state index contributed by atoms with van der Waals surface area (Å²) < 4.78 is 84.7. The largest absolute Gasteiger partial charge is 0.480 e. The van der Waals surface area contributed by atoms with Crippen LogP contribution in [-0.2, 0) is 24.8 Å². The van der Waals surface area contributed by atoms with E-state index < -0.39 is 37.7 Å². The zero-order chi connectivity index (χ0) is 30.3. The van der Waals surface area contributed by atoms with Crippen LogP contribution in [0.15, 0.2) is 64.6 Å². The molecule has 0 amide bonds. The van der Waals surface area contributed by atoms with E-state index in [0.29, 0.717) is 38.4 Å². The summed E-state index contributed by atoms with van der Waals surface area (Å²) in [4.78, 5) is 4.21. The normalized spacial score (nSPS) is 20.4. The SMILES string of the molecule is CCOC(=N)[C@@H]1CCCCN1S(=O)(=O)c1ccc(F)cc1.O=S(=O)(c1ccc(F)cc1)N1CCCC[C@H]1c1ncn[nH]1. The Balaban J connectivity index is 0.000000193. The number of aromatic amines is 1. The van der Waals surface area contributed by atoms with Gasteiger partial charge in [0.05, 0.1) is 22.4 Å². The summed E-state index contributed by atoms with van der Waals surface area (Å²) in [5.74, 6) is -0.422. The number of rotatable bonds is 7. The van der Waals surface area contributed by atoms with Crippen molar-refractivity contribution in [3.8, 4) is 0 Å². The first-order chi connectivity index (χ1) is 20.1. The Labute approximate surface area is 244 Å². The van der Waals surface area contributed by atoms with Gasteiger partial charge in [-0.2, -0.15) is 13.7 Å². The minimum Gasteiger partial charge on any atom is -0.480 e. The summed E-state index contributed by atoms with van der Waals surface area (Å²) in [6.07, 6.45) is 5.96. The van der Waals surface area contributed by atoms with Crippen molar-refractivity contribution in [3.63, 3.8) is 0 Å². The van der Waals surface area contributed by atoms with E-state index in [0.717, 1.165) is 49.9 Å². The average molecular weight is 625 g/mol. The van der Waals surface area contributed by atoms with Gasteiger partial charge in [0, 0.05) is 13.1 Å². The molecule has 0 bridgehead atoms. The Bertz CT molecular complexity index is 1540. The molecule has 0 aliphatic carbocycles. The molecule has 0 unspecified atom stereocenters. The molecule has 5 rings (SSSR count). The lowest BCUT2D eigenvalue weighted by Gasteiger charge is -2.34. The molecule has 3 aromatic rings. The van der Waals surface area contributed by atoms with Crippen LogP contribution < -0.4 is 0 Å². The van der Waals surface area contributed by atoms with Crippen molar-refractivity contribution in [2.24, 2.45) is 0 Å². The number of benzene rings is 2. The van der Waals surface area contributed by atoms with Crippen LogP contribution in [0.3, 0.4) is 0 Å². The van der Waals surface area contributed by atoms with E-state index in [-0.39, 0.29) is 21.7 Å². The fraction of sp³-hybridized carbons (Fsp3) is 0.444. The van der Waals surface area contributed by atoms with Gasteiger partial charge in [-0.05, 0) is 81.1 Å².